The Morgan fingerprint density at radius 3 is 2.54 bits per heavy atom. The molecular weight excluding hydrogens is 348 g/mol. The molecule has 0 bridgehead atoms. The predicted octanol–water partition coefficient (Wildman–Crippen LogP) is 2.82. The van der Waals surface area contributed by atoms with E-state index < -0.39 is 15.4 Å². The van der Waals surface area contributed by atoms with Crippen LogP contribution in [0.4, 0.5) is 0 Å². The van der Waals surface area contributed by atoms with Crippen LogP contribution >= 0.6 is 0 Å². The lowest BCUT2D eigenvalue weighted by atomic mass is 9.67. The van der Waals surface area contributed by atoms with E-state index in [1.165, 1.54) is 6.42 Å². The number of fused-ring (bicyclic) bond motifs is 1. The van der Waals surface area contributed by atoms with Crippen molar-refractivity contribution >= 4 is 15.9 Å². The third-order valence-corrected chi connectivity index (χ3v) is 8.39. The monoisotopic (exact) mass is 376 g/mol. The summed E-state index contributed by atoms with van der Waals surface area (Å²) >= 11 is 0. The van der Waals surface area contributed by atoms with Gasteiger partial charge in [-0.1, -0.05) is 43.2 Å². The maximum atomic E-state index is 13.2. The molecule has 2 saturated carbocycles. The van der Waals surface area contributed by atoms with E-state index in [9.17, 15) is 13.2 Å². The van der Waals surface area contributed by atoms with E-state index >= 15 is 0 Å². The Morgan fingerprint density at radius 2 is 1.85 bits per heavy atom. The Hall–Kier alpha value is -1.40. The minimum atomic E-state index is -3.33. The first-order chi connectivity index (χ1) is 12.5. The van der Waals surface area contributed by atoms with Gasteiger partial charge in [-0.2, -0.15) is 4.31 Å². The topological polar surface area (TPSA) is 66.5 Å². The molecule has 1 aromatic carbocycles. The fraction of sp³-hybridized carbons (Fsp3) is 0.650. The molecule has 142 valence electrons. The van der Waals surface area contributed by atoms with Crippen molar-refractivity contribution in [3.8, 4) is 0 Å². The van der Waals surface area contributed by atoms with Gasteiger partial charge in [0.25, 0.3) is 0 Å². The third-order valence-electron chi connectivity index (χ3n) is 6.57. The summed E-state index contributed by atoms with van der Waals surface area (Å²) in [6.07, 6.45) is 7.33. The van der Waals surface area contributed by atoms with Crippen LogP contribution in [0.5, 0.6) is 0 Å². The van der Waals surface area contributed by atoms with Crippen LogP contribution in [0.1, 0.15) is 56.9 Å². The van der Waals surface area contributed by atoms with Crippen molar-refractivity contribution in [3.63, 3.8) is 0 Å². The van der Waals surface area contributed by atoms with Gasteiger partial charge in [0.1, 0.15) is 0 Å². The second-order valence-corrected chi connectivity index (χ2v) is 10.2. The molecule has 1 heterocycles. The molecule has 0 aromatic heterocycles. The number of hydrogen-bond donors (Lipinski definition) is 1. The number of carbonyl (C=O) groups is 1. The molecule has 26 heavy (non-hydrogen) atoms. The average Bonchev–Trinajstić information content (AvgIpc) is 2.61. The number of nitrogens with one attached hydrogen (secondary N) is 1. The minimum absolute atomic E-state index is 0.0778. The average molecular weight is 377 g/mol. The van der Waals surface area contributed by atoms with Crippen molar-refractivity contribution in [2.24, 2.45) is 5.41 Å². The van der Waals surface area contributed by atoms with Gasteiger partial charge in [-0.3, -0.25) is 4.79 Å². The highest BCUT2D eigenvalue weighted by atomic mass is 32.2. The van der Waals surface area contributed by atoms with Gasteiger partial charge in [0.15, 0.2) is 0 Å². The molecule has 1 aliphatic heterocycles. The van der Waals surface area contributed by atoms with Gasteiger partial charge in [0.05, 0.1) is 11.2 Å². The number of benzene rings is 1. The van der Waals surface area contributed by atoms with Gasteiger partial charge in [-0.05, 0) is 44.1 Å². The van der Waals surface area contributed by atoms with Crippen molar-refractivity contribution in [1.82, 2.24) is 9.62 Å². The van der Waals surface area contributed by atoms with Gasteiger partial charge in [-0.15, -0.1) is 0 Å². The summed E-state index contributed by atoms with van der Waals surface area (Å²) in [5.41, 5.74) is 0.436. The molecule has 3 fully saturated rings. The number of hydrogen-bond acceptors (Lipinski definition) is 3. The second-order valence-electron chi connectivity index (χ2n) is 8.12. The van der Waals surface area contributed by atoms with E-state index in [1.807, 2.05) is 30.3 Å². The first kappa shape index (κ1) is 18.0. The molecular formula is C20H28N2O3S. The van der Waals surface area contributed by atoms with Gasteiger partial charge in [0, 0.05) is 18.6 Å². The Morgan fingerprint density at radius 1 is 1.08 bits per heavy atom. The number of sulfonamides is 1. The molecule has 0 unspecified atom stereocenters. The van der Waals surface area contributed by atoms with E-state index in [1.54, 1.807) is 4.31 Å². The molecule has 2 aliphatic carbocycles. The molecule has 1 saturated heterocycles. The fourth-order valence-corrected chi connectivity index (χ4v) is 6.68. The van der Waals surface area contributed by atoms with Crippen LogP contribution < -0.4 is 5.32 Å². The van der Waals surface area contributed by atoms with Crippen LogP contribution in [-0.4, -0.2) is 36.5 Å². The number of nitrogens with zero attached hydrogens (tertiary/aromatic N) is 1. The molecule has 6 heteroatoms. The zero-order valence-corrected chi connectivity index (χ0v) is 16.0. The zero-order valence-electron chi connectivity index (χ0n) is 15.2. The Balaban J connectivity index is 1.64. The smallest absolute Gasteiger partial charge is 0.228 e. The van der Waals surface area contributed by atoms with Crippen LogP contribution in [-0.2, 0) is 21.4 Å². The zero-order chi connectivity index (χ0) is 18.2. The summed E-state index contributed by atoms with van der Waals surface area (Å²) < 4.78 is 27.4. The van der Waals surface area contributed by atoms with Gasteiger partial charge in [0.2, 0.25) is 15.9 Å². The minimum Gasteiger partial charge on any atom is -0.353 e. The summed E-state index contributed by atoms with van der Waals surface area (Å²) in [6.45, 7) is 0.367. The van der Waals surface area contributed by atoms with Crippen molar-refractivity contribution in [1.29, 1.82) is 0 Å². The lowest BCUT2D eigenvalue weighted by molar-refractivity contribution is -0.139. The summed E-state index contributed by atoms with van der Waals surface area (Å²) in [7, 11) is -3.33. The van der Waals surface area contributed by atoms with E-state index in [2.05, 4.69) is 5.32 Å². The summed E-state index contributed by atoms with van der Waals surface area (Å²) in [4.78, 5) is 13.2. The SMILES string of the molecule is O=C(NC1CCC1)[C@@]12CCCC[C@H]1N(Cc1ccccc1)S(=O)(=O)CC2. The van der Waals surface area contributed by atoms with E-state index in [0.717, 1.165) is 44.1 Å². The van der Waals surface area contributed by atoms with E-state index in [4.69, 9.17) is 0 Å². The van der Waals surface area contributed by atoms with Crippen molar-refractivity contribution in [2.45, 2.75) is 70.0 Å². The fourth-order valence-electron chi connectivity index (χ4n) is 4.79. The van der Waals surface area contributed by atoms with Crippen molar-refractivity contribution in [3.05, 3.63) is 35.9 Å². The molecule has 1 aromatic rings. The predicted molar refractivity (Wildman–Crippen MR) is 101 cm³/mol. The highest BCUT2D eigenvalue weighted by Crippen LogP contribution is 2.47. The maximum absolute atomic E-state index is 13.2. The van der Waals surface area contributed by atoms with Gasteiger partial charge >= 0.3 is 0 Å². The van der Waals surface area contributed by atoms with Gasteiger partial charge < -0.3 is 5.32 Å². The molecule has 2 atom stereocenters. The molecule has 3 aliphatic rings. The van der Waals surface area contributed by atoms with Crippen molar-refractivity contribution in [2.75, 3.05) is 5.75 Å². The second kappa shape index (κ2) is 6.97. The molecule has 1 N–H and O–H groups in total. The lowest BCUT2D eigenvalue weighted by Crippen LogP contribution is -2.63. The lowest BCUT2D eigenvalue weighted by Gasteiger charge is -2.51. The highest BCUT2D eigenvalue weighted by molar-refractivity contribution is 7.89. The summed E-state index contributed by atoms with van der Waals surface area (Å²) in [5.74, 6) is 0.175. The molecule has 5 nitrogen and oxygen atoms in total. The van der Waals surface area contributed by atoms with Crippen LogP contribution in [0.25, 0.3) is 0 Å². The molecule has 1 amide bonds. The first-order valence-corrected chi connectivity index (χ1v) is 11.5. The normalized spacial score (nSPS) is 31.6. The van der Waals surface area contributed by atoms with Crippen LogP contribution in [0.15, 0.2) is 30.3 Å². The number of rotatable bonds is 4. The number of carbonyl (C=O) groups excluding carboxylic acids is 1. The van der Waals surface area contributed by atoms with Crippen LogP contribution in [0.3, 0.4) is 0 Å². The first-order valence-electron chi connectivity index (χ1n) is 9.86. The largest absolute Gasteiger partial charge is 0.353 e. The molecule has 0 radical (unpaired) electrons. The Bertz CT molecular complexity index is 761. The molecule has 0 spiro atoms. The van der Waals surface area contributed by atoms with E-state index in [-0.39, 0.29) is 17.7 Å². The van der Waals surface area contributed by atoms with Gasteiger partial charge in [-0.25, -0.2) is 8.42 Å². The quantitative estimate of drug-likeness (QED) is 0.879. The molecule has 4 rings (SSSR count). The van der Waals surface area contributed by atoms with E-state index in [0.29, 0.717) is 19.0 Å². The van der Waals surface area contributed by atoms with Crippen LogP contribution in [0.2, 0.25) is 0 Å². The Labute approximate surface area is 156 Å². The number of amides is 1. The summed E-state index contributed by atoms with van der Waals surface area (Å²) in [6, 6.07) is 9.81. The highest BCUT2D eigenvalue weighted by Gasteiger charge is 2.55. The van der Waals surface area contributed by atoms with Crippen LogP contribution in [0, 0.1) is 5.41 Å². The van der Waals surface area contributed by atoms with Crippen molar-refractivity contribution < 1.29 is 13.2 Å². The standard InChI is InChI=1S/C20H28N2O3S/c23-19(21-17-9-6-10-17)20-12-5-4-11-18(20)22(26(24,25)14-13-20)15-16-7-2-1-3-8-16/h1-3,7-8,17-18H,4-6,9-15H2,(H,21,23)/t18-,20-/m1/s1. The maximum Gasteiger partial charge on any atom is 0.228 e. The Kier molecular flexibility index (Phi) is 4.82. The third kappa shape index (κ3) is 3.18. The summed E-state index contributed by atoms with van der Waals surface area (Å²) in [5, 5.41) is 3.23.